The number of amides is 4. The summed E-state index contributed by atoms with van der Waals surface area (Å²) in [6.07, 6.45) is 4.18. The van der Waals surface area contributed by atoms with E-state index in [-0.39, 0.29) is 35.0 Å². The molecule has 146 valence electrons. The van der Waals surface area contributed by atoms with Gasteiger partial charge in [-0.15, -0.1) is 0 Å². The number of rotatable bonds is 6. The average molecular weight is 391 g/mol. The van der Waals surface area contributed by atoms with Crippen LogP contribution in [0.4, 0.5) is 9.59 Å². The lowest BCUT2D eigenvalue weighted by atomic mass is 9.89. The van der Waals surface area contributed by atoms with Gasteiger partial charge in [0.1, 0.15) is 5.75 Å². The number of hydrogen-bond acceptors (Lipinski definition) is 5. The summed E-state index contributed by atoms with van der Waals surface area (Å²) < 4.78 is 5.13. The Morgan fingerprint density at radius 3 is 2.63 bits per heavy atom. The predicted octanol–water partition coefficient (Wildman–Crippen LogP) is 2.54. The van der Waals surface area contributed by atoms with Crippen molar-refractivity contribution in [2.75, 3.05) is 19.4 Å². The fourth-order valence-corrected chi connectivity index (χ4v) is 4.37. The van der Waals surface area contributed by atoms with Gasteiger partial charge in [0.25, 0.3) is 5.24 Å². The van der Waals surface area contributed by atoms with E-state index in [2.05, 4.69) is 10.6 Å². The molecule has 3 rings (SSSR count). The molecule has 7 nitrogen and oxygen atoms in total. The summed E-state index contributed by atoms with van der Waals surface area (Å²) in [5.41, 5.74) is 1.11. The van der Waals surface area contributed by atoms with Crippen molar-refractivity contribution in [3.63, 3.8) is 0 Å². The van der Waals surface area contributed by atoms with E-state index in [4.69, 9.17) is 4.74 Å². The van der Waals surface area contributed by atoms with Crippen LogP contribution in [-0.2, 0) is 11.2 Å². The van der Waals surface area contributed by atoms with Gasteiger partial charge in [-0.2, -0.15) is 0 Å². The fraction of sp³-hybridized carbons (Fsp3) is 0.526. The second-order valence-corrected chi connectivity index (χ2v) is 7.70. The maximum atomic E-state index is 12.3. The molecular formula is C19H25N3O4S. The molecule has 0 bridgehead atoms. The Balaban J connectivity index is 1.49. The van der Waals surface area contributed by atoms with Crippen molar-refractivity contribution in [2.24, 2.45) is 0 Å². The van der Waals surface area contributed by atoms with Crippen molar-refractivity contribution in [2.45, 2.75) is 44.2 Å². The van der Waals surface area contributed by atoms with Crippen LogP contribution in [0.15, 0.2) is 24.3 Å². The molecule has 27 heavy (non-hydrogen) atoms. The van der Waals surface area contributed by atoms with E-state index in [1.54, 1.807) is 7.11 Å². The van der Waals surface area contributed by atoms with Gasteiger partial charge < -0.3 is 15.4 Å². The molecule has 2 N–H and O–H groups in total. The first-order valence-corrected chi connectivity index (χ1v) is 10.2. The van der Waals surface area contributed by atoms with Crippen LogP contribution < -0.4 is 15.4 Å². The molecule has 2 fully saturated rings. The number of nitrogens with zero attached hydrogens (tertiary/aromatic N) is 1. The number of imide groups is 1. The highest BCUT2D eigenvalue weighted by molar-refractivity contribution is 8.14. The SMILES string of the molecule is COc1ccc(CCNC(=O)NC2CCCCC2N2C(=O)CSC2=O)cc1. The second kappa shape index (κ2) is 9.12. The number of ether oxygens (including phenoxy) is 1. The third kappa shape index (κ3) is 4.94. The zero-order valence-corrected chi connectivity index (χ0v) is 16.2. The highest BCUT2D eigenvalue weighted by Gasteiger charge is 2.41. The first-order valence-electron chi connectivity index (χ1n) is 9.24. The number of urea groups is 1. The summed E-state index contributed by atoms with van der Waals surface area (Å²) >= 11 is 1.04. The highest BCUT2D eigenvalue weighted by atomic mass is 32.2. The van der Waals surface area contributed by atoms with Gasteiger partial charge in [0.05, 0.1) is 24.9 Å². The third-order valence-corrected chi connectivity index (χ3v) is 5.86. The lowest BCUT2D eigenvalue weighted by molar-refractivity contribution is -0.127. The molecule has 2 atom stereocenters. The summed E-state index contributed by atoms with van der Waals surface area (Å²) in [6, 6.07) is 7.05. The molecule has 1 aliphatic carbocycles. The number of carbonyl (C=O) groups excluding carboxylic acids is 3. The number of hydrogen-bond donors (Lipinski definition) is 2. The van der Waals surface area contributed by atoms with Crippen LogP contribution in [-0.4, -0.2) is 53.6 Å². The molecular weight excluding hydrogens is 366 g/mol. The molecule has 1 aromatic carbocycles. The van der Waals surface area contributed by atoms with Gasteiger partial charge in [-0.3, -0.25) is 14.5 Å². The Hall–Kier alpha value is -2.22. The summed E-state index contributed by atoms with van der Waals surface area (Å²) in [5.74, 6) is 0.858. The van der Waals surface area contributed by atoms with Crippen LogP contribution in [0, 0.1) is 0 Å². The van der Waals surface area contributed by atoms with Crippen LogP contribution >= 0.6 is 11.8 Å². The minimum absolute atomic E-state index is 0.149. The highest BCUT2D eigenvalue weighted by Crippen LogP contribution is 2.30. The zero-order chi connectivity index (χ0) is 19.2. The molecule has 1 aliphatic heterocycles. The van der Waals surface area contributed by atoms with Crippen LogP contribution in [0.2, 0.25) is 0 Å². The molecule has 2 unspecified atom stereocenters. The van der Waals surface area contributed by atoms with Gasteiger partial charge in [0.2, 0.25) is 5.91 Å². The van der Waals surface area contributed by atoms with Crippen LogP contribution in [0.25, 0.3) is 0 Å². The van der Waals surface area contributed by atoms with Gasteiger partial charge in [-0.25, -0.2) is 4.79 Å². The monoisotopic (exact) mass is 391 g/mol. The van der Waals surface area contributed by atoms with Crippen molar-refractivity contribution in [1.82, 2.24) is 15.5 Å². The maximum Gasteiger partial charge on any atom is 0.315 e. The van der Waals surface area contributed by atoms with E-state index in [1.807, 2.05) is 24.3 Å². The van der Waals surface area contributed by atoms with Gasteiger partial charge in [0.15, 0.2) is 0 Å². The first kappa shape index (κ1) is 19.5. The van der Waals surface area contributed by atoms with Crippen molar-refractivity contribution in [3.05, 3.63) is 29.8 Å². The number of methoxy groups -OCH3 is 1. The van der Waals surface area contributed by atoms with Gasteiger partial charge in [0, 0.05) is 6.54 Å². The van der Waals surface area contributed by atoms with Gasteiger partial charge in [-0.05, 0) is 37.0 Å². The van der Waals surface area contributed by atoms with Gasteiger partial charge >= 0.3 is 6.03 Å². The summed E-state index contributed by atoms with van der Waals surface area (Å²) in [5, 5.41) is 5.64. The predicted molar refractivity (Wildman–Crippen MR) is 104 cm³/mol. The van der Waals surface area contributed by atoms with E-state index in [9.17, 15) is 14.4 Å². The van der Waals surface area contributed by atoms with E-state index < -0.39 is 0 Å². The molecule has 0 aromatic heterocycles. The number of carbonyl (C=O) groups is 3. The molecule has 0 radical (unpaired) electrons. The normalized spacial score (nSPS) is 22.6. The van der Waals surface area contributed by atoms with E-state index in [0.717, 1.165) is 48.8 Å². The van der Waals surface area contributed by atoms with Crippen LogP contribution in [0.5, 0.6) is 5.75 Å². The molecule has 2 aliphatic rings. The standard InChI is InChI=1S/C19H25N3O4S/c1-26-14-8-6-13(7-9-14)10-11-20-18(24)21-15-4-2-3-5-16(15)22-17(23)12-27-19(22)25/h6-9,15-16H,2-5,10-12H2,1H3,(H2,20,21,24). The number of nitrogens with one attached hydrogen (secondary N) is 2. The second-order valence-electron chi connectivity index (χ2n) is 6.77. The van der Waals surface area contributed by atoms with Crippen LogP contribution in [0.1, 0.15) is 31.2 Å². The molecule has 8 heteroatoms. The van der Waals surface area contributed by atoms with Crippen molar-refractivity contribution in [1.29, 1.82) is 0 Å². The largest absolute Gasteiger partial charge is 0.497 e. The lowest BCUT2D eigenvalue weighted by Gasteiger charge is -2.36. The minimum atomic E-state index is -0.257. The average Bonchev–Trinajstić information content (AvgIpc) is 3.01. The van der Waals surface area contributed by atoms with Crippen molar-refractivity contribution in [3.8, 4) is 5.75 Å². The third-order valence-electron chi connectivity index (χ3n) is 5.02. The Morgan fingerprint density at radius 2 is 1.96 bits per heavy atom. The van der Waals surface area contributed by atoms with E-state index >= 15 is 0 Å². The Bertz CT molecular complexity index is 679. The number of benzene rings is 1. The van der Waals surface area contributed by atoms with Gasteiger partial charge in [-0.1, -0.05) is 36.7 Å². The molecule has 4 amide bonds. The lowest BCUT2D eigenvalue weighted by Crippen LogP contribution is -2.56. The summed E-state index contributed by atoms with van der Waals surface area (Å²) in [7, 11) is 1.63. The topological polar surface area (TPSA) is 87.7 Å². The van der Waals surface area contributed by atoms with E-state index in [1.165, 1.54) is 4.90 Å². The number of thioether (sulfide) groups is 1. The van der Waals surface area contributed by atoms with Crippen molar-refractivity contribution < 1.29 is 19.1 Å². The van der Waals surface area contributed by atoms with E-state index in [0.29, 0.717) is 13.0 Å². The fourth-order valence-electron chi connectivity index (χ4n) is 3.61. The molecule has 1 aromatic rings. The zero-order valence-electron chi connectivity index (χ0n) is 15.4. The Morgan fingerprint density at radius 1 is 1.22 bits per heavy atom. The quantitative estimate of drug-likeness (QED) is 0.778. The molecule has 1 heterocycles. The van der Waals surface area contributed by atoms with Crippen molar-refractivity contribution >= 4 is 28.9 Å². The van der Waals surface area contributed by atoms with Crippen LogP contribution in [0.3, 0.4) is 0 Å². The Labute approximate surface area is 163 Å². The summed E-state index contributed by atoms with van der Waals surface area (Å²) in [4.78, 5) is 37.7. The maximum absolute atomic E-state index is 12.3. The molecule has 0 spiro atoms. The Kier molecular flexibility index (Phi) is 6.60. The minimum Gasteiger partial charge on any atom is -0.497 e. The molecule has 1 saturated carbocycles. The molecule has 1 saturated heterocycles. The smallest absolute Gasteiger partial charge is 0.315 e. The first-order chi connectivity index (χ1) is 13.1. The summed E-state index contributed by atoms with van der Waals surface area (Å²) in [6.45, 7) is 0.507.